The molecule has 0 unspecified atom stereocenters. The van der Waals surface area contributed by atoms with Crippen LogP contribution in [0.15, 0.2) is 17.0 Å². The molecule has 1 saturated heterocycles. The zero-order valence-corrected chi connectivity index (χ0v) is 13.0. The summed E-state index contributed by atoms with van der Waals surface area (Å²) in [5.41, 5.74) is -0.640. The Morgan fingerprint density at radius 3 is 2.71 bits per heavy atom. The first kappa shape index (κ1) is 16.2. The van der Waals surface area contributed by atoms with Gasteiger partial charge in [0.15, 0.2) is 0 Å². The molecular formula is C12H15FN2O4S2. The molecule has 116 valence electrons. The van der Waals surface area contributed by atoms with Crippen molar-refractivity contribution >= 4 is 27.5 Å². The normalized spacial score (nSPS) is 17.4. The molecule has 0 amide bonds. The first-order valence-corrected chi connectivity index (χ1v) is 8.96. The van der Waals surface area contributed by atoms with Gasteiger partial charge in [0.25, 0.3) is 0 Å². The number of nitro groups is 1. The Labute approximate surface area is 126 Å². The maximum absolute atomic E-state index is 13.5. The molecule has 0 radical (unpaired) electrons. The van der Waals surface area contributed by atoms with Crippen LogP contribution >= 0.6 is 11.8 Å². The summed E-state index contributed by atoms with van der Waals surface area (Å²) in [7, 11) is -3.84. The van der Waals surface area contributed by atoms with Gasteiger partial charge >= 0.3 is 5.69 Å². The summed E-state index contributed by atoms with van der Waals surface area (Å²) in [5.74, 6) is 0.540. The number of halogens is 1. The van der Waals surface area contributed by atoms with Gasteiger partial charge in [-0.1, -0.05) is 0 Å². The van der Waals surface area contributed by atoms with Crippen molar-refractivity contribution < 1.29 is 17.7 Å². The number of hydrogen-bond acceptors (Lipinski definition) is 5. The zero-order valence-electron chi connectivity index (χ0n) is 11.4. The summed E-state index contributed by atoms with van der Waals surface area (Å²) >= 11 is 1.67. The highest BCUT2D eigenvalue weighted by Crippen LogP contribution is 2.28. The fraction of sp³-hybridized carbons (Fsp3) is 0.500. The number of aryl methyl sites for hydroxylation is 1. The Hall–Kier alpha value is -1.19. The second-order valence-electron chi connectivity index (χ2n) is 4.70. The molecule has 1 aliphatic heterocycles. The molecule has 0 atom stereocenters. The zero-order chi connectivity index (χ0) is 15.6. The smallest absolute Gasteiger partial charge is 0.258 e. The summed E-state index contributed by atoms with van der Waals surface area (Å²) < 4.78 is 40.1. The van der Waals surface area contributed by atoms with Gasteiger partial charge in [0.05, 0.1) is 9.82 Å². The maximum atomic E-state index is 13.5. The van der Waals surface area contributed by atoms with Crippen molar-refractivity contribution in [1.82, 2.24) is 4.31 Å². The molecule has 0 saturated carbocycles. The number of nitro benzene ring substituents is 1. The lowest BCUT2D eigenvalue weighted by Crippen LogP contribution is -2.33. The molecule has 1 aliphatic rings. The molecule has 0 bridgehead atoms. The van der Waals surface area contributed by atoms with Crippen LogP contribution in [0.3, 0.4) is 0 Å². The average molecular weight is 334 g/mol. The molecule has 0 spiro atoms. The van der Waals surface area contributed by atoms with Crippen LogP contribution in [0, 0.1) is 22.9 Å². The first-order valence-electron chi connectivity index (χ1n) is 6.36. The highest BCUT2D eigenvalue weighted by Gasteiger charge is 2.30. The summed E-state index contributed by atoms with van der Waals surface area (Å²) in [6, 6.07) is 1.72. The molecule has 0 N–H and O–H groups in total. The van der Waals surface area contributed by atoms with Crippen molar-refractivity contribution in [1.29, 1.82) is 0 Å². The molecule has 2 rings (SSSR count). The van der Waals surface area contributed by atoms with Crippen LogP contribution in [0.1, 0.15) is 12.0 Å². The minimum atomic E-state index is -3.84. The largest absolute Gasteiger partial charge is 0.306 e. The van der Waals surface area contributed by atoms with Crippen LogP contribution in [0.25, 0.3) is 0 Å². The fourth-order valence-corrected chi connectivity index (χ4v) is 4.87. The quantitative estimate of drug-likeness (QED) is 0.625. The van der Waals surface area contributed by atoms with Crippen LogP contribution < -0.4 is 0 Å². The Balaban J connectivity index is 2.48. The Kier molecular flexibility index (Phi) is 4.84. The standard InChI is InChI=1S/C12H15FN2O4S2/c1-9-7-10(13)11(15(16)17)8-12(9)21(18,19)14-3-2-5-20-6-4-14/h7-8H,2-6H2,1H3. The van der Waals surface area contributed by atoms with Gasteiger partial charge in [-0.05, 0) is 30.7 Å². The highest BCUT2D eigenvalue weighted by atomic mass is 32.2. The monoisotopic (exact) mass is 334 g/mol. The predicted molar refractivity (Wildman–Crippen MR) is 78.5 cm³/mol. The van der Waals surface area contributed by atoms with E-state index in [0.717, 1.165) is 24.3 Å². The first-order chi connectivity index (χ1) is 9.84. The van der Waals surface area contributed by atoms with Crippen molar-refractivity contribution in [2.75, 3.05) is 24.6 Å². The van der Waals surface area contributed by atoms with Crippen molar-refractivity contribution in [3.8, 4) is 0 Å². The number of thioether (sulfide) groups is 1. The van der Waals surface area contributed by atoms with E-state index in [4.69, 9.17) is 0 Å². The van der Waals surface area contributed by atoms with Gasteiger partial charge in [-0.15, -0.1) is 0 Å². The molecule has 1 heterocycles. The third kappa shape index (κ3) is 3.35. The summed E-state index contributed by atoms with van der Waals surface area (Å²) in [5, 5.41) is 10.8. The van der Waals surface area contributed by atoms with Crippen LogP contribution in [0.5, 0.6) is 0 Å². The molecule has 1 fully saturated rings. The van der Waals surface area contributed by atoms with Gasteiger partial charge in [-0.3, -0.25) is 10.1 Å². The van der Waals surface area contributed by atoms with Crippen molar-refractivity contribution in [3.63, 3.8) is 0 Å². The van der Waals surface area contributed by atoms with E-state index in [1.165, 1.54) is 11.2 Å². The lowest BCUT2D eigenvalue weighted by atomic mass is 10.2. The van der Waals surface area contributed by atoms with Gasteiger partial charge in [-0.25, -0.2) is 8.42 Å². The highest BCUT2D eigenvalue weighted by molar-refractivity contribution is 7.99. The molecule has 1 aromatic rings. The van der Waals surface area contributed by atoms with Crippen LogP contribution in [-0.2, 0) is 10.0 Å². The number of rotatable bonds is 3. The number of sulfonamides is 1. The molecular weight excluding hydrogens is 319 g/mol. The van der Waals surface area contributed by atoms with E-state index in [2.05, 4.69) is 0 Å². The van der Waals surface area contributed by atoms with Gasteiger partial charge in [0, 0.05) is 24.9 Å². The Bertz CT molecular complexity index is 655. The second-order valence-corrected chi connectivity index (χ2v) is 7.83. The van der Waals surface area contributed by atoms with Crippen molar-refractivity contribution in [3.05, 3.63) is 33.6 Å². The molecule has 1 aromatic carbocycles. The van der Waals surface area contributed by atoms with Gasteiger partial charge in [0.1, 0.15) is 0 Å². The van der Waals surface area contributed by atoms with E-state index in [1.54, 1.807) is 11.8 Å². The van der Waals surface area contributed by atoms with E-state index in [-0.39, 0.29) is 10.5 Å². The number of benzene rings is 1. The number of nitrogens with zero attached hydrogens (tertiary/aromatic N) is 2. The molecule has 6 nitrogen and oxygen atoms in total. The average Bonchev–Trinajstić information content (AvgIpc) is 2.67. The third-order valence-electron chi connectivity index (χ3n) is 3.24. The van der Waals surface area contributed by atoms with Crippen LogP contribution in [0.2, 0.25) is 0 Å². The lowest BCUT2D eigenvalue weighted by molar-refractivity contribution is -0.387. The minimum absolute atomic E-state index is 0.176. The van der Waals surface area contributed by atoms with E-state index < -0.39 is 26.5 Å². The molecule has 21 heavy (non-hydrogen) atoms. The second kappa shape index (κ2) is 6.29. The molecule has 0 aromatic heterocycles. The Morgan fingerprint density at radius 2 is 2.05 bits per heavy atom. The lowest BCUT2D eigenvalue weighted by Gasteiger charge is -2.20. The van der Waals surface area contributed by atoms with E-state index in [0.29, 0.717) is 18.8 Å². The maximum Gasteiger partial charge on any atom is 0.306 e. The van der Waals surface area contributed by atoms with Gasteiger partial charge < -0.3 is 0 Å². The third-order valence-corrected chi connectivity index (χ3v) is 6.33. The van der Waals surface area contributed by atoms with Crippen molar-refractivity contribution in [2.45, 2.75) is 18.2 Å². The summed E-state index contributed by atoms with van der Waals surface area (Å²) in [6.45, 7) is 2.17. The van der Waals surface area contributed by atoms with E-state index in [9.17, 15) is 22.9 Å². The SMILES string of the molecule is Cc1cc(F)c([N+](=O)[O-])cc1S(=O)(=O)N1CCCSCC1. The van der Waals surface area contributed by atoms with E-state index in [1.807, 2.05) is 0 Å². The minimum Gasteiger partial charge on any atom is -0.258 e. The molecule has 0 aliphatic carbocycles. The predicted octanol–water partition coefficient (Wildman–Crippen LogP) is 2.17. The Morgan fingerprint density at radius 1 is 1.33 bits per heavy atom. The number of hydrogen-bond donors (Lipinski definition) is 0. The van der Waals surface area contributed by atoms with Gasteiger partial charge in [-0.2, -0.15) is 20.5 Å². The topological polar surface area (TPSA) is 80.5 Å². The van der Waals surface area contributed by atoms with Crippen molar-refractivity contribution in [2.24, 2.45) is 0 Å². The summed E-state index contributed by atoms with van der Waals surface area (Å²) in [6.07, 6.45) is 0.728. The van der Waals surface area contributed by atoms with Crippen LogP contribution in [0.4, 0.5) is 10.1 Å². The van der Waals surface area contributed by atoms with E-state index >= 15 is 0 Å². The fourth-order valence-electron chi connectivity index (χ4n) is 2.16. The van der Waals surface area contributed by atoms with Crippen LogP contribution in [-0.4, -0.2) is 42.2 Å². The summed E-state index contributed by atoms with van der Waals surface area (Å²) in [4.78, 5) is 9.69. The van der Waals surface area contributed by atoms with Gasteiger partial charge in [0.2, 0.25) is 15.8 Å². The molecule has 9 heteroatoms.